The molecule has 1 heterocycles. The normalized spacial score (nSPS) is 10.2. The third-order valence-electron chi connectivity index (χ3n) is 2.73. The third kappa shape index (κ3) is 3.01. The van der Waals surface area contributed by atoms with Crippen molar-refractivity contribution in [2.24, 2.45) is 0 Å². The Morgan fingerprint density at radius 1 is 1.21 bits per heavy atom. The zero-order valence-electron chi connectivity index (χ0n) is 10.4. The molecule has 0 saturated carbocycles. The second-order valence-electron chi connectivity index (χ2n) is 4.22. The first kappa shape index (κ1) is 12.9. The summed E-state index contributed by atoms with van der Waals surface area (Å²) >= 11 is 0. The topological polar surface area (TPSA) is 73.7 Å². The van der Waals surface area contributed by atoms with Crippen LogP contribution < -0.4 is 0 Å². The van der Waals surface area contributed by atoms with Crippen LogP contribution in [-0.4, -0.2) is 33.1 Å². The third-order valence-corrected chi connectivity index (χ3v) is 2.73. The maximum absolute atomic E-state index is 12.1. The number of hydrogen-bond donors (Lipinski definition) is 2. The SMILES string of the molecule is CN(Cc1ccncc1)C(=O)c1ccc(O)cc1O. The van der Waals surface area contributed by atoms with Crippen molar-refractivity contribution in [3.63, 3.8) is 0 Å². The van der Waals surface area contributed by atoms with Gasteiger partial charge < -0.3 is 15.1 Å². The Labute approximate surface area is 110 Å². The lowest BCUT2D eigenvalue weighted by Gasteiger charge is -2.17. The van der Waals surface area contributed by atoms with Crippen LogP contribution in [0.5, 0.6) is 11.5 Å². The molecule has 0 bridgehead atoms. The predicted molar refractivity (Wildman–Crippen MR) is 69.8 cm³/mol. The van der Waals surface area contributed by atoms with Gasteiger partial charge in [-0.2, -0.15) is 0 Å². The standard InChI is InChI=1S/C14H14N2O3/c1-16(9-10-4-6-15-7-5-10)14(19)12-3-2-11(17)8-13(12)18/h2-8,17-18H,9H2,1H3. The number of rotatable bonds is 3. The molecule has 0 spiro atoms. The first-order chi connectivity index (χ1) is 9.08. The van der Waals surface area contributed by atoms with E-state index in [-0.39, 0.29) is 23.0 Å². The highest BCUT2D eigenvalue weighted by Crippen LogP contribution is 2.23. The number of phenolic OH excluding ortho intramolecular Hbond substituents is 2. The molecule has 1 amide bonds. The summed E-state index contributed by atoms with van der Waals surface area (Å²) < 4.78 is 0. The average molecular weight is 258 g/mol. The Kier molecular flexibility index (Phi) is 3.66. The van der Waals surface area contributed by atoms with Gasteiger partial charge in [0.2, 0.25) is 0 Å². The smallest absolute Gasteiger partial charge is 0.257 e. The number of pyridine rings is 1. The number of hydrogen-bond acceptors (Lipinski definition) is 4. The second kappa shape index (κ2) is 5.39. The van der Waals surface area contributed by atoms with Gasteiger partial charge in [0.05, 0.1) is 5.56 Å². The van der Waals surface area contributed by atoms with Crippen molar-refractivity contribution in [2.45, 2.75) is 6.54 Å². The van der Waals surface area contributed by atoms with Crippen molar-refractivity contribution in [1.82, 2.24) is 9.88 Å². The number of phenols is 2. The number of nitrogens with zero attached hydrogens (tertiary/aromatic N) is 2. The van der Waals surface area contributed by atoms with E-state index >= 15 is 0 Å². The van der Waals surface area contributed by atoms with Crippen molar-refractivity contribution in [2.75, 3.05) is 7.05 Å². The summed E-state index contributed by atoms with van der Waals surface area (Å²) in [5, 5.41) is 18.9. The van der Waals surface area contributed by atoms with Crippen LogP contribution in [0.2, 0.25) is 0 Å². The number of benzene rings is 1. The maximum Gasteiger partial charge on any atom is 0.257 e. The number of amides is 1. The average Bonchev–Trinajstić information content (AvgIpc) is 2.39. The van der Waals surface area contributed by atoms with Gasteiger partial charge in [-0.1, -0.05) is 0 Å². The molecule has 0 saturated heterocycles. The molecule has 0 atom stereocenters. The highest BCUT2D eigenvalue weighted by molar-refractivity contribution is 5.96. The van der Waals surface area contributed by atoms with Crippen molar-refractivity contribution in [3.8, 4) is 11.5 Å². The molecule has 19 heavy (non-hydrogen) atoms. The maximum atomic E-state index is 12.1. The summed E-state index contributed by atoms with van der Waals surface area (Å²) in [6.07, 6.45) is 3.32. The molecule has 5 heteroatoms. The van der Waals surface area contributed by atoms with Gasteiger partial charge in [-0.25, -0.2) is 0 Å². The van der Waals surface area contributed by atoms with E-state index in [1.54, 1.807) is 19.4 Å². The van der Waals surface area contributed by atoms with Gasteiger partial charge in [0.25, 0.3) is 5.91 Å². The molecular weight excluding hydrogens is 244 g/mol. The van der Waals surface area contributed by atoms with Gasteiger partial charge >= 0.3 is 0 Å². The molecule has 0 aliphatic heterocycles. The van der Waals surface area contributed by atoms with Gasteiger partial charge in [0.1, 0.15) is 11.5 Å². The number of aromatic nitrogens is 1. The number of carbonyl (C=O) groups is 1. The predicted octanol–water partition coefficient (Wildman–Crippen LogP) is 1.77. The largest absolute Gasteiger partial charge is 0.508 e. The van der Waals surface area contributed by atoms with Crippen LogP contribution >= 0.6 is 0 Å². The molecule has 1 aromatic heterocycles. The highest BCUT2D eigenvalue weighted by atomic mass is 16.3. The van der Waals surface area contributed by atoms with Crippen LogP contribution in [0.3, 0.4) is 0 Å². The van der Waals surface area contributed by atoms with Gasteiger partial charge in [0.15, 0.2) is 0 Å². The fraction of sp³-hybridized carbons (Fsp3) is 0.143. The van der Waals surface area contributed by atoms with Crippen molar-refractivity contribution in [1.29, 1.82) is 0 Å². The summed E-state index contributed by atoms with van der Waals surface area (Å²) in [6.45, 7) is 0.418. The summed E-state index contributed by atoms with van der Waals surface area (Å²) in [6, 6.07) is 7.55. The molecular formula is C14H14N2O3. The molecule has 0 aliphatic rings. The summed E-state index contributed by atoms with van der Waals surface area (Å²) in [5.41, 5.74) is 1.11. The van der Waals surface area contributed by atoms with Gasteiger partial charge in [-0.3, -0.25) is 9.78 Å². The lowest BCUT2D eigenvalue weighted by Crippen LogP contribution is -2.26. The van der Waals surface area contributed by atoms with Crippen LogP contribution in [0.15, 0.2) is 42.7 Å². The summed E-state index contributed by atoms with van der Waals surface area (Å²) in [7, 11) is 1.65. The second-order valence-corrected chi connectivity index (χ2v) is 4.22. The molecule has 98 valence electrons. The fourth-order valence-electron chi connectivity index (χ4n) is 1.74. The molecule has 5 nitrogen and oxygen atoms in total. The lowest BCUT2D eigenvalue weighted by atomic mass is 10.1. The molecule has 1 aromatic carbocycles. The van der Waals surface area contributed by atoms with E-state index in [9.17, 15) is 15.0 Å². The van der Waals surface area contributed by atoms with E-state index in [4.69, 9.17) is 0 Å². The minimum atomic E-state index is -0.311. The first-order valence-corrected chi connectivity index (χ1v) is 5.74. The Hall–Kier alpha value is -2.56. The van der Waals surface area contributed by atoms with Crippen molar-refractivity contribution in [3.05, 3.63) is 53.9 Å². The fourth-order valence-corrected chi connectivity index (χ4v) is 1.74. The van der Waals surface area contributed by atoms with Gasteiger partial charge in [0, 0.05) is 32.1 Å². The van der Waals surface area contributed by atoms with Crippen LogP contribution in [0, 0.1) is 0 Å². The monoisotopic (exact) mass is 258 g/mol. The highest BCUT2D eigenvalue weighted by Gasteiger charge is 2.16. The number of aromatic hydroxyl groups is 2. The first-order valence-electron chi connectivity index (χ1n) is 5.74. The Morgan fingerprint density at radius 2 is 1.89 bits per heavy atom. The van der Waals surface area contributed by atoms with E-state index in [1.165, 1.54) is 17.0 Å². The lowest BCUT2D eigenvalue weighted by molar-refractivity contribution is 0.0782. The van der Waals surface area contributed by atoms with E-state index in [2.05, 4.69) is 4.98 Å². The van der Waals surface area contributed by atoms with Crippen LogP contribution in [-0.2, 0) is 6.54 Å². The summed E-state index contributed by atoms with van der Waals surface area (Å²) in [4.78, 5) is 17.5. The zero-order chi connectivity index (χ0) is 13.8. The van der Waals surface area contributed by atoms with Crippen LogP contribution in [0.25, 0.3) is 0 Å². The summed E-state index contributed by atoms with van der Waals surface area (Å²) in [5.74, 6) is -0.619. The molecule has 0 radical (unpaired) electrons. The van der Waals surface area contributed by atoms with E-state index in [1.807, 2.05) is 12.1 Å². The van der Waals surface area contributed by atoms with E-state index in [0.29, 0.717) is 6.54 Å². The van der Waals surface area contributed by atoms with E-state index < -0.39 is 0 Å². The molecule has 2 rings (SSSR count). The van der Waals surface area contributed by atoms with Crippen LogP contribution in [0.4, 0.5) is 0 Å². The van der Waals surface area contributed by atoms with Gasteiger partial charge in [-0.05, 0) is 29.8 Å². The molecule has 0 fully saturated rings. The van der Waals surface area contributed by atoms with Crippen molar-refractivity contribution >= 4 is 5.91 Å². The zero-order valence-corrected chi connectivity index (χ0v) is 10.4. The van der Waals surface area contributed by atoms with Crippen LogP contribution in [0.1, 0.15) is 15.9 Å². The van der Waals surface area contributed by atoms with E-state index in [0.717, 1.165) is 11.6 Å². The quantitative estimate of drug-likeness (QED) is 0.879. The molecule has 2 aromatic rings. The molecule has 0 unspecified atom stereocenters. The Balaban J connectivity index is 2.15. The Bertz CT molecular complexity index is 584. The molecule has 2 N–H and O–H groups in total. The minimum absolute atomic E-state index is 0.0779. The number of carbonyl (C=O) groups excluding carboxylic acids is 1. The minimum Gasteiger partial charge on any atom is -0.508 e. The van der Waals surface area contributed by atoms with Gasteiger partial charge in [-0.15, -0.1) is 0 Å². The molecule has 0 aliphatic carbocycles. The Morgan fingerprint density at radius 3 is 2.53 bits per heavy atom. The van der Waals surface area contributed by atoms with Crippen molar-refractivity contribution < 1.29 is 15.0 Å².